The van der Waals surface area contributed by atoms with Crippen molar-refractivity contribution in [2.24, 2.45) is 0 Å². The molecule has 1 heterocycles. The van der Waals surface area contributed by atoms with Gasteiger partial charge in [0.2, 0.25) is 5.91 Å². The summed E-state index contributed by atoms with van der Waals surface area (Å²) in [6.07, 6.45) is 0. The Balaban J connectivity index is 2.22. The maximum absolute atomic E-state index is 11.4. The fourth-order valence-corrected chi connectivity index (χ4v) is 2.81. The average Bonchev–Trinajstić information content (AvgIpc) is 2.69. The van der Waals surface area contributed by atoms with Crippen LogP contribution in [-0.2, 0) is 9.53 Å². The van der Waals surface area contributed by atoms with E-state index in [0.29, 0.717) is 5.56 Å². The highest BCUT2D eigenvalue weighted by Gasteiger charge is 2.32. The lowest BCUT2D eigenvalue weighted by atomic mass is 10.1. The number of carbonyl (C=O) groups is 2. The lowest BCUT2D eigenvalue weighted by Gasteiger charge is -2.10. The van der Waals surface area contributed by atoms with E-state index in [1.807, 2.05) is 6.07 Å². The van der Waals surface area contributed by atoms with Gasteiger partial charge in [-0.15, -0.1) is 23.4 Å². The number of alkyl halides is 1. The molecule has 0 radical (unpaired) electrons. The number of rotatable bonds is 2. The molecule has 1 amide bonds. The molecule has 0 saturated carbocycles. The van der Waals surface area contributed by atoms with E-state index in [2.05, 4.69) is 10.1 Å². The largest absolute Gasteiger partial charge is 0.465 e. The lowest BCUT2D eigenvalue weighted by Crippen LogP contribution is -2.21. The highest BCUT2D eigenvalue weighted by molar-refractivity contribution is 8.02. The first-order valence-electron chi connectivity index (χ1n) is 4.90. The van der Waals surface area contributed by atoms with Crippen molar-refractivity contribution in [1.29, 1.82) is 0 Å². The Morgan fingerprint density at radius 1 is 1.53 bits per heavy atom. The molecule has 1 N–H and O–H groups in total. The van der Waals surface area contributed by atoms with Crippen molar-refractivity contribution in [2.45, 2.75) is 10.1 Å². The van der Waals surface area contributed by atoms with Gasteiger partial charge in [-0.25, -0.2) is 4.79 Å². The number of benzene rings is 1. The first kappa shape index (κ1) is 12.3. The van der Waals surface area contributed by atoms with Crippen LogP contribution in [0.1, 0.15) is 21.3 Å². The van der Waals surface area contributed by atoms with Gasteiger partial charge in [0, 0.05) is 0 Å². The lowest BCUT2D eigenvalue weighted by molar-refractivity contribution is -0.118. The van der Waals surface area contributed by atoms with Crippen LogP contribution in [0.2, 0.25) is 0 Å². The summed E-state index contributed by atoms with van der Waals surface area (Å²) in [5.74, 6) is -0.603. The van der Waals surface area contributed by atoms with E-state index >= 15 is 0 Å². The predicted molar refractivity (Wildman–Crippen MR) is 65.9 cm³/mol. The summed E-state index contributed by atoms with van der Waals surface area (Å²) in [6, 6.07) is 6.93. The van der Waals surface area contributed by atoms with Gasteiger partial charge in [0.05, 0.1) is 12.7 Å². The van der Waals surface area contributed by atoms with Gasteiger partial charge < -0.3 is 10.1 Å². The molecular weight excluding hydrogens is 262 g/mol. The van der Waals surface area contributed by atoms with Gasteiger partial charge in [0.25, 0.3) is 0 Å². The van der Waals surface area contributed by atoms with Crippen molar-refractivity contribution in [3.63, 3.8) is 0 Å². The molecule has 90 valence electrons. The SMILES string of the molecule is COC(=O)c1cccc(C2NC(=O)C(Cl)S2)c1. The minimum Gasteiger partial charge on any atom is -0.465 e. The quantitative estimate of drug-likeness (QED) is 0.659. The number of ether oxygens (including phenoxy) is 1. The Morgan fingerprint density at radius 2 is 2.29 bits per heavy atom. The second-order valence-electron chi connectivity index (χ2n) is 3.46. The second kappa shape index (κ2) is 4.98. The molecule has 0 spiro atoms. The van der Waals surface area contributed by atoms with Crippen molar-refractivity contribution >= 4 is 35.2 Å². The molecule has 1 aromatic rings. The summed E-state index contributed by atoms with van der Waals surface area (Å²) >= 11 is 7.10. The molecule has 2 unspecified atom stereocenters. The van der Waals surface area contributed by atoms with E-state index in [0.717, 1.165) is 5.56 Å². The molecule has 1 aliphatic rings. The van der Waals surface area contributed by atoms with Crippen LogP contribution in [0.4, 0.5) is 0 Å². The highest BCUT2D eigenvalue weighted by atomic mass is 35.5. The van der Waals surface area contributed by atoms with Crippen molar-refractivity contribution in [3.05, 3.63) is 35.4 Å². The molecule has 6 heteroatoms. The summed E-state index contributed by atoms with van der Waals surface area (Å²) in [7, 11) is 1.33. The summed E-state index contributed by atoms with van der Waals surface area (Å²) in [5, 5.41) is 2.53. The van der Waals surface area contributed by atoms with E-state index in [-0.39, 0.29) is 11.3 Å². The van der Waals surface area contributed by atoms with Gasteiger partial charge in [-0.2, -0.15) is 0 Å². The van der Waals surface area contributed by atoms with Crippen LogP contribution in [0.25, 0.3) is 0 Å². The first-order chi connectivity index (χ1) is 8.11. The maximum atomic E-state index is 11.4. The molecule has 0 bridgehead atoms. The summed E-state index contributed by atoms with van der Waals surface area (Å²) in [4.78, 5) is 22.6. The van der Waals surface area contributed by atoms with Crippen LogP contribution >= 0.6 is 23.4 Å². The van der Waals surface area contributed by atoms with E-state index in [1.54, 1.807) is 18.2 Å². The van der Waals surface area contributed by atoms with Crippen LogP contribution < -0.4 is 5.32 Å². The third-order valence-corrected chi connectivity index (χ3v) is 3.97. The second-order valence-corrected chi connectivity index (χ2v) is 5.37. The van der Waals surface area contributed by atoms with Gasteiger partial charge >= 0.3 is 5.97 Å². The van der Waals surface area contributed by atoms with Crippen molar-refractivity contribution in [1.82, 2.24) is 5.32 Å². The summed E-state index contributed by atoms with van der Waals surface area (Å²) in [6.45, 7) is 0. The van der Waals surface area contributed by atoms with Crippen LogP contribution in [0.3, 0.4) is 0 Å². The van der Waals surface area contributed by atoms with Gasteiger partial charge in [0.15, 0.2) is 4.71 Å². The average molecular weight is 272 g/mol. The van der Waals surface area contributed by atoms with Crippen molar-refractivity contribution < 1.29 is 14.3 Å². The fraction of sp³-hybridized carbons (Fsp3) is 0.273. The molecule has 1 aliphatic heterocycles. The van der Waals surface area contributed by atoms with Crippen LogP contribution in [-0.4, -0.2) is 23.7 Å². The molecule has 0 aromatic heterocycles. The smallest absolute Gasteiger partial charge is 0.337 e. The summed E-state index contributed by atoms with van der Waals surface area (Å²) in [5.41, 5.74) is 1.28. The maximum Gasteiger partial charge on any atom is 0.337 e. The Morgan fingerprint density at radius 3 is 2.88 bits per heavy atom. The number of hydrogen-bond donors (Lipinski definition) is 1. The molecule has 1 aromatic carbocycles. The molecule has 0 aliphatic carbocycles. The fourth-order valence-electron chi connectivity index (χ4n) is 1.52. The van der Waals surface area contributed by atoms with E-state index in [9.17, 15) is 9.59 Å². The van der Waals surface area contributed by atoms with Crippen LogP contribution in [0.5, 0.6) is 0 Å². The van der Waals surface area contributed by atoms with Crippen molar-refractivity contribution in [3.8, 4) is 0 Å². The zero-order chi connectivity index (χ0) is 12.4. The number of amides is 1. The minimum absolute atomic E-state index is 0.204. The number of esters is 1. The number of methoxy groups -OCH3 is 1. The number of nitrogens with one attached hydrogen (secondary N) is 1. The minimum atomic E-state index is -0.582. The Kier molecular flexibility index (Phi) is 3.59. The van der Waals surface area contributed by atoms with Gasteiger partial charge in [0.1, 0.15) is 5.37 Å². The van der Waals surface area contributed by atoms with E-state index < -0.39 is 10.7 Å². The Bertz CT molecular complexity index is 466. The summed E-state index contributed by atoms with van der Waals surface area (Å²) < 4.78 is 4.06. The number of thioether (sulfide) groups is 1. The van der Waals surface area contributed by atoms with E-state index in [1.165, 1.54) is 18.9 Å². The normalized spacial score (nSPS) is 23.3. The topological polar surface area (TPSA) is 55.4 Å². The number of halogens is 1. The van der Waals surface area contributed by atoms with Gasteiger partial charge in [-0.1, -0.05) is 12.1 Å². The molecule has 2 atom stereocenters. The molecule has 2 rings (SSSR count). The number of carbonyl (C=O) groups excluding carboxylic acids is 2. The monoisotopic (exact) mass is 271 g/mol. The molecule has 17 heavy (non-hydrogen) atoms. The van der Waals surface area contributed by atoms with Gasteiger partial charge in [-0.05, 0) is 17.7 Å². The standard InChI is InChI=1S/C11H10ClNO3S/c1-16-11(15)7-4-2-3-6(5-7)10-13-9(14)8(12)17-10/h2-5,8,10H,1H3,(H,13,14). The zero-order valence-corrected chi connectivity index (χ0v) is 10.5. The zero-order valence-electron chi connectivity index (χ0n) is 8.98. The van der Waals surface area contributed by atoms with Crippen LogP contribution in [0.15, 0.2) is 24.3 Å². The van der Waals surface area contributed by atoms with Crippen molar-refractivity contribution in [2.75, 3.05) is 7.11 Å². The molecule has 1 fully saturated rings. The molecule has 1 saturated heterocycles. The van der Waals surface area contributed by atoms with E-state index in [4.69, 9.17) is 11.6 Å². The van der Waals surface area contributed by atoms with Gasteiger partial charge in [-0.3, -0.25) is 4.79 Å². The Labute approximate surface area is 108 Å². The Hall–Kier alpha value is -1.20. The first-order valence-corrected chi connectivity index (χ1v) is 6.28. The molecular formula is C11H10ClNO3S. The highest BCUT2D eigenvalue weighted by Crippen LogP contribution is 2.37. The number of hydrogen-bond acceptors (Lipinski definition) is 4. The third kappa shape index (κ3) is 2.56. The predicted octanol–water partition coefficient (Wildman–Crippen LogP) is 1.90. The molecule has 4 nitrogen and oxygen atoms in total. The third-order valence-electron chi connectivity index (χ3n) is 2.35. The van der Waals surface area contributed by atoms with Crippen LogP contribution in [0, 0.1) is 0 Å².